The molecule has 150 valence electrons. The fraction of sp³-hybridized carbons (Fsp3) is 0.292. The number of nitrogens with zero attached hydrogens (tertiary/aromatic N) is 1. The highest BCUT2D eigenvalue weighted by Crippen LogP contribution is 2.22. The van der Waals surface area contributed by atoms with Crippen LogP contribution in [0.3, 0.4) is 0 Å². The normalized spacial score (nSPS) is 12.4. The second-order valence-corrected chi connectivity index (χ2v) is 8.31. The Morgan fingerprint density at radius 1 is 1.00 bits per heavy atom. The van der Waals surface area contributed by atoms with Crippen LogP contribution in [-0.4, -0.2) is 15.9 Å². The molecule has 0 aliphatic heterocycles. The van der Waals surface area contributed by atoms with Crippen LogP contribution >= 0.6 is 0 Å². The SMILES string of the molecule is Cc1nc(C(C)(C)C)[nH]c(=O)c1C(=O)NC(C)c1ccc(-c2ccccc2)cc1. The van der Waals surface area contributed by atoms with E-state index in [0.717, 1.165) is 16.7 Å². The van der Waals surface area contributed by atoms with Gasteiger partial charge in [0.1, 0.15) is 11.4 Å². The minimum atomic E-state index is -0.420. The van der Waals surface area contributed by atoms with Crippen LogP contribution in [0.25, 0.3) is 11.1 Å². The van der Waals surface area contributed by atoms with E-state index in [1.165, 1.54) is 0 Å². The Bertz CT molecular complexity index is 1060. The van der Waals surface area contributed by atoms with E-state index in [4.69, 9.17) is 0 Å². The molecule has 0 spiro atoms. The van der Waals surface area contributed by atoms with Gasteiger partial charge in [0, 0.05) is 5.41 Å². The van der Waals surface area contributed by atoms with Crippen molar-refractivity contribution in [2.45, 2.75) is 46.1 Å². The van der Waals surface area contributed by atoms with Crippen molar-refractivity contribution in [1.29, 1.82) is 0 Å². The summed E-state index contributed by atoms with van der Waals surface area (Å²) < 4.78 is 0. The Balaban J connectivity index is 1.78. The van der Waals surface area contributed by atoms with Gasteiger partial charge in [-0.2, -0.15) is 0 Å². The summed E-state index contributed by atoms with van der Waals surface area (Å²) >= 11 is 0. The zero-order valence-electron chi connectivity index (χ0n) is 17.5. The van der Waals surface area contributed by atoms with Crippen molar-refractivity contribution in [3.05, 3.63) is 87.6 Å². The molecule has 5 heteroatoms. The number of benzene rings is 2. The molecular formula is C24H27N3O2. The molecule has 0 fully saturated rings. The fourth-order valence-corrected chi connectivity index (χ4v) is 3.16. The number of carbonyl (C=O) groups excluding carboxylic acids is 1. The third-order valence-corrected chi connectivity index (χ3v) is 4.90. The third kappa shape index (κ3) is 4.62. The van der Waals surface area contributed by atoms with Crippen molar-refractivity contribution in [1.82, 2.24) is 15.3 Å². The van der Waals surface area contributed by atoms with E-state index in [-0.39, 0.29) is 17.0 Å². The summed E-state index contributed by atoms with van der Waals surface area (Å²) in [5.74, 6) is 0.150. The molecule has 1 aromatic heterocycles. The van der Waals surface area contributed by atoms with E-state index in [1.807, 2.05) is 70.2 Å². The molecule has 5 nitrogen and oxygen atoms in total. The number of rotatable bonds is 4. The third-order valence-electron chi connectivity index (χ3n) is 4.90. The number of H-pyrrole nitrogens is 1. The van der Waals surface area contributed by atoms with Crippen LogP contribution in [0.1, 0.15) is 61.2 Å². The van der Waals surface area contributed by atoms with Crippen LogP contribution in [0.5, 0.6) is 0 Å². The molecule has 1 heterocycles. The van der Waals surface area contributed by atoms with Crippen LogP contribution in [0.2, 0.25) is 0 Å². The molecule has 1 atom stereocenters. The lowest BCUT2D eigenvalue weighted by molar-refractivity contribution is 0.0937. The summed E-state index contributed by atoms with van der Waals surface area (Å²) in [5.41, 5.74) is 3.00. The summed E-state index contributed by atoms with van der Waals surface area (Å²) in [6.45, 7) is 9.48. The van der Waals surface area contributed by atoms with Gasteiger partial charge in [0.2, 0.25) is 0 Å². The maximum absolute atomic E-state index is 12.7. The predicted molar refractivity (Wildman–Crippen MR) is 116 cm³/mol. The van der Waals surface area contributed by atoms with E-state index < -0.39 is 11.5 Å². The lowest BCUT2D eigenvalue weighted by Gasteiger charge is -2.19. The molecule has 3 rings (SSSR count). The molecule has 2 aromatic carbocycles. The standard InChI is InChI=1S/C24H27N3O2/c1-15(17-11-13-19(14-12-17)18-9-7-6-8-10-18)25-21(28)20-16(2)26-23(24(3,4)5)27-22(20)29/h6-15H,1-5H3,(H,25,28)(H,26,27,29). The van der Waals surface area contributed by atoms with Gasteiger partial charge in [0.05, 0.1) is 11.7 Å². The number of nitrogens with one attached hydrogen (secondary N) is 2. The smallest absolute Gasteiger partial charge is 0.264 e. The summed E-state index contributed by atoms with van der Waals surface area (Å²) in [5, 5.41) is 2.91. The molecule has 1 amide bonds. The van der Waals surface area contributed by atoms with Crippen molar-refractivity contribution in [3.8, 4) is 11.1 Å². The number of hydrogen-bond acceptors (Lipinski definition) is 3. The summed E-state index contributed by atoms with van der Waals surface area (Å²) in [7, 11) is 0. The Kier molecular flexibility index (Phi) is 5.69. The second kappa shape index (κ2) is 8.03. The summed E-state index contributed by atoms with van der Waals surface area (Å²) in [6, 6.07) is 17.9. The number of carbonyl (C=O) groups is 1. The van der Waals surface area contributed by atoms with Crippen molar-refractivity contribution >= 4 is 5.91 Å². The minimum absolute atomic E-state index is 0.0609. The van der Waals surface area contributed by atoms with Gasteiger partial charge in [-0.15, -0.1) is 0 Å². The second-order valence-electron chi connectivity index (χ2n) is 8.31. The maximum atomic E-state index is 12.7. The van der Waals surface area contributed by atoms with Crippen LogP contribution in [0, 0.1) is 6.92 Å². The number of amides is 1. The van der Waals surface area contributed by atoms with Gasteiger partial charge in [0.15, 0.2) is 0 Å². The van der Waals surface area contributed by atoms with E-state index in [9.17, 15) is 9.59 Å². The largest absolute Gasteiger partial charge is 0.345 e. The van der Waals surface area contributed by atoms with Gasteiger partial charge in [-0.05, 0) is 30.5 Å². The first-order valence-electron chi connectivity index (χ1n) is 9.74. The molecule has 0 bridgehead atoms. The average molecular weight is 389 g/mol. The lowest BCUT2D eigenvalue weighted by Crippen LogP contribution is -2.35. The fourth-order valence-electron chi connectivity index (χ4n) is 3.16. The van der Waals surface area contributed by atoms with Crippen molar-refractivity contribution in [3.63, 3.8) is 0 Å². The molecule has 0 aliphatic rings. The number of hydrogen-bond donors (Lipinski definition) is 2. The van der Waals surface area contributed by atoms with Gasteiger partial charge in [0.25, 0.3) is 11.5 Å². The Hall–Kier alpha value is -3.21. The first-order valence-corrected chi connectivity index (χ1v) is 9.74. The monoisotopic (exact) mass is 389 g/mol. The van der Waals surface area contributed by atoms with E-state index >= 15 is 0 Å². The molecule has 0 saturated heterocycles. The zero-order chi connectivity index (χ0) is 21.2. The van der Waals surface area contributed by atoms with Crippen LogP contribution in [0.15, 0.2) is 59.4 Å². The molecule has 3 aromatic rings. The molecule has 29 heavy (non-hydrogen) atoms. The van der Waals surface area contributed by atoms with Crippen molar-refractivity contribution in [2.75, 3.05) is 0 Å². The molecule has 1 unspecified atom stereocenters. The van der Waals surface area contributed by atoms with Crippen LogP contribution in [-0.2, 0) is 5.41 Å². The highest BCUT2D eigenvalue weighted by atomic mass is 16.2. The van der Waals surface area contributed by atoms with Gasteiger partial charge >= 0.3 is 0 Å². The van der Waals surface area contributed by atoms with Crippen LogP contribution in [0.4, 0.5) is 0 Å². The highest BCUT2D eigenvalue weighted by Gasteiger charge is 2.23. The maximum Gasteiger partial charge on any atom is 0.264 e. The first-order chi connectivity index (χ1) is 13.7. The van der Waals surface area contributed by atoms with Crippen molar-refractivity contribution in [2.24, 2.45) is 0 Å². The zero-order valence-corrected chi connectivity index (χ0v) is 17.5. The topological polar surface area (TPSA) is 74.8 Å². The molecule has 0 aliphatic carbocycles. The average Bonchev–Trinajstić information content (AvgIpc) is 2.67. The molecule has 2 N–H and O–H groups in total. The predicted octanol–water partition coefficient (Wildman–Crippen LogP) is 4.53. The first kappa shape index (κ1) is 20.5. The quantitative estimate of drug-likeness (QED) is 0.688. The number of aromatic nitrogens is 2. The minimum Gasteiger partial charge on any atom is -0.345 e. The summed E-state index contributed by atoms with van der Waals surface area (Å²) in [6.07, 6.45) is 0. The van der Waals surface area contributed by atoms with Gasteiger partial charge in [-0.1, -0.05) is 75.4 Å². The molecule has 0 radical (unpaired) electrons. The van der Waals surface area contributed by atoms with Crippen molar-refractivity contribution < 1.29 is 4.79 Å². The molecular weight excluding hydrogens is 362 g/mol. The van der Waals surface area contributed by atoms with Gasteiger partial charge < -0.3 is 10.3 Å². The summed E-state index contributed by atoms with van der Waals surface area (Å²) in [4.78, 5) is 32.4. The van der Waals surface area contributed by atoms with E-state index in [2.05, 4.69) is 27.4 Å². The lowest BCUT2D eigenvalue weighted by atomic mass is 9.95. The Morgan fingerprint density at radius 2 is 1.59 bits per heavy atom. The van der Waals surface area contributed by atoms with Gasteiger partial charge in [-0.3, -0.25) is 9.59 Å². The van der Waals surface area contributed by atoms with Gasteiger partial charge in [-0.25, -0.2) is 4.98 Å². The van der Waals surface area contributed by atoms with E-state index in [0.29, 0.717) is 11.5 Å². The van der Waals surface area contributed by atoms with Crippen LogP contribution < -0.4 is 10.9 Å². The van der Waals surface area contributed by atoms with E-state index in [1.54, 1.807) is 6.92 Å². The Morgan fingerprint density at radius 3 is 2.14 bits per heavy atom. The Labute approximate surface area is 171 Å². The highest BCUT2D eigenvalue weighted by molar-refractivity contribution is 5.95. The number of aromatic amines is 1. The number of aryl methyl sites for hydroxylation is 1. The molecule has 0 saturated carbocycles.